The molecule has 138 valence electrons. The summed E-state index contributed by atoms with van der Waals surface area (Å²) < 4.78 is 26.9. The number of hydrogen-bond donors (Lipinski definition) is 2. The fourth-order valence-electron chi connectivity index (χ4n) is 2.51. The summed E-state index contributed by atoms with van der Waals surface area (Å²) in [5.74, 6) is -1.82. The molecule has 2 N–H and O–H groups in total. The summed E-state index contributed by atoms with van der Waals surface area (Å²) >= 11 is 0. The first-order valence-electron chi connectivity index (χ1n) is 7.85. The molecular weight excluding hydrogens is 348 g/mol. The van der Waals surface area contributed by atoms with Crippen molar-refractivity contribution >= 4 is 23.0 Å². The van der Waals surface area contributed by atoms with E-state index in [1.54, 1.807) is 0 Å². The largest absolute Gasteiger partial charge is 0.354 e. The molecule has 26 heavy (non-hydrogen) atoms. The van der Waals surface area contributed by atoms with Gasteiger partial charge in [-0.05, 0) is 19.2 Å². The normalized spacial score (nSPS) is 15.7. The summed E-state index contributed by atoms with van der Waals surface area (Å²) in [6.45, 7) is 2.93. The van der Waals surface area contributed by atoms with Crippen LogP contribution < -0.4 is 10.7 Å². The van der Waals surface area contributed by atoms with E-state index in [0.29, 0.717) is 19.2 Å². The summed E-state index contributed by atoms with van der Waals surface area (Å²) in [4.78, 5) is 20.8. The first kappa shape index (κ1) is 17.9. The van der Waals surface area contributed by atoms with Crippen molar-refractivity contribution in [2.45, 2.75) is 0 Å². The molecule has 1 fully saturated rings. The molecule has 0 spiro atoms. The van der Waals surface area contributed by atoms with Crippen molar-refractivity contribution in [1.82, 2.24) is 19.9 Å². The average Bonchev–Trinajstić information content (AvgIpc) is 2.59. The van der Waals surface area contributed by atoms with E-state index >= 15 is 0 Å². The minimum atomic E-state index is -0.883. The minimum absolute atomic E-state index is 0.000395. The van der Waals surface area contributed by atoms with E-state index in [-0.39, 0.29) is 17.3 Å². The van der Waals surface area contributed by atoms with Gasteiger partial charge in [0.2, 0.25) is 11.6 Å². The van der Waals surface area contributed by atoms with Crippen molar-refractivity contribution in [3.63, 3.8) is 0 Å². The lowest BCUT2D eigenvalue weighted by Crippen LogP contribution is -2.47. The molecule has 2 aromatic rings. The second-order valence-electron chi connectivity index (χ2n) is 5.83. The van der Waals surface area contributed by atoms with E-state index in [2.05, 4.69) is 25.6 Å². The summed E-state index contributed by atoms with van der Waals surface area (Å²) in [6.07, 6.45) is 1.13. The number of hydrogen-bond acceptors (Lipinski definition) is 8. The number of halogens is 2. The van der Waals surface area contributed by atoms with Crippen LogP contribution in [-0.4, -0.2) is 58.0 Å². The molecule has 1 saturated heterocycles. The van der Waals surface area contributed by atoms with E-state index in [0.717, 1.165) is 31.5 Å². The Balaban J connectivity index is 1.87. The van der Waals surface area contributed by atoms with Crippen LogP contribution in [0.4, 0.5) is 31.8 Å². The predicted octanol–water partition coefficient (Wildman–Crippen LogP) is 1.98. The van der Waals surface area contributed by atoms with Gasteiger partial charge < -0.3 is 10.2 Å². The highest BCUT2D eigenvalue weighted by atomic mass is 19.1. The number of nitrogens with one attached hydrogen (secondary N) is 2. The van der Waals surface area contributed by atoms with E-state index in [9.17, 15) is 18.9 Å². The molecule has 1 aromatic heterocycles. The molecule has 3 rings (SSSR count). The third-order valence-corrected chi connectivity index (χ3v) is 3.96. The van der Waals surface area contributed by atoms with Crippen molar-refractivity contribution in [2.75, 3.05) is 44.0 Å². The first-order chi connectivity index (χ1) is 12.4. The van der Waals surface area contributed by atoms with Gasteiger partial charge in [-0.15, -0.1) is 0 Å². The van der Waals surface area contributed by atoms with Crippen LogP contribution in [0.2, 0.25) is 0 Å². The van der Waals surface area contributed by atoms with Gasteiger partial charge in [-0.3, -0.25) is 15.5 Å². The maximum Gasteiger partial charge on any atom is 0.354 e. The second-order valence-corrected chi connectivity index (χ2v) is 5.83. The third-order valence-electron chi connectivity index (χ3n) is 3.96. The molecule has 0 atom stereocenters. The molecule has 9 nitrogen and oxygen atoms in total. The fourth-order valence-corrected chi connectivity index (χ4v) is 2.51. The lowest BCUT2D eigenvalue weighted by molar-refractivity contribution is -0.383. The van der Waals surface area contributed by atoms with Crippen molar-refractivity contribution in [2.24, 2.45) is 0 Å². The number of likely N-dealkylation sites (N-methyl/N-ethyl adjacent to an activating group) is 1. The van der Waals surface area contributed by atoms with Crippen LogP contribution in [-0.2, 0) is 0 Å². The Morgan fingerprint density at radius 2 is 1.85 bits per heavy atom. The number of anilines is 3. The van der Waals surface area contributed by atoms with Gasteiger partial charge in [-0.25, -0.2) is 23.8 Å². The van der Waals surface area contributed by atoms with Crippen molar-refractivity contribution < 1.29 is 13.7 Å². The molecule has 0 bridgehead atoms. The smallest absolute Gasteiger partial charge is 0.332 e. The molecule has 0 amide bonds. The Hall–Kier alpha value is -2.92. The number of nitro groups is 1. The zero-order valence-corrected chi connectivity index (χ0v) is 13.9. The molecular formula is C15H17F2N7O2. The van der Waals surface area contributed by atoms with Crippen LogP contribution in [0.15, 0.2) is 24.5 Å². The predicted molar refractivity (Wildman–Crippen MR) is 91.0 cm³/mol. The quantitative estimate of drug-likeness (QED) is 0.613. The summed E-state index contributed by atoms with van der Waals surface area (Å²) in [6, 6.07) is 2.87. The van der Waals surface area contributed by atoms with Crippen LogP contribution in [0.5, 0.6) is 0 Å². The van der Waals surface area contributed by atoms with Crippen molar-refractivity contribution in [3.8, 4) is 0 Å². The molecule has 0 aliphatic carbocycles. The highest BCUT2D eigenvalue weighted by Crippen LogP contribution is 2.32. The third kappa shape index (κ3) is 4.00. The maximum atomic E-state index is 13.8. The van der Waals surface area contributed by atoms with Crippen molar-refractivity contribution in [3.05, 3.63) is 46.3 Å². The van der Waals surface area contributed by atoms with Gasteiger partial charge in [0.25, 0.3) is 0 Å². The molecule has 1 aromatic carbocycles. The van der Waals surface area contributed by atoms with Gasteiger partial charge in [-0.2, -0.15) is 0 Å². The van der Waals surface area contributed by atoms with Crippen LogP contribution >= 0.6 is 0 Å². The Kier molecular flexibility index (Phi) is 5.19. The Morgan fingerprint density at radius 3 is 2.50 bits per heavy atom. The molecule has 11 heteroatoms. The lowest BCUT2D eigenvalue weighted by Gasteiger charge is -2.32. The topological polar surface area (TPSA) is 99.5 Å². The molecule has 2 heterocycles. The highest BCUT2D eigenvalue weighted by molar-refractivity contribution is 5.73. The molecule has 0 unspecified atom stereocenters. The Morgan fingerprint density at radius 1 is 1.15 bits per heavy atom. The van der Waals surface area contributed by atoms with E-state index in [4.69, 9.17) is 0 Å². The number of aromatic nitrogens is 2. The Labute approximate surface area is 147 Å². The number of nitrogens with zero attached hydrogens (tertiary/aromatic N) is 5. The van der Waals surface area contributed by atoms with Gasteiger partial charge in [-0.1, -0.05) is 0 Å². The lowest BCUT2D eigenvalue weighted by atomic mass is 10.3. The van der Waals surface area contributed by atoms with E-state index < -0.39 is 22.2 Å². The van der Waals surface area contributed by atoms with Gasteiger partial charge >= 0.3 is 5.69 Å². The van der Waals surface area contributed by atoms with Crippen LogP contribution in [0.3, 0.4) is 0 Å². The highest BCUT2D eigenvalue weighted by Gasteiger charge is 2.26. The summed E-state index contributed by atoms with van der Waals surface area (Å²) in [7, 11) is 1.99. The van der Waals surface area contributed by atoms with Gasteiger partial charge in [0.05, 0.1) is 10.6 Å². The zero-order chi connectivity index (χ0) is 18.7. The van der Waals surface area contributed by atoms with Crippen LogP contribution in [0.25, 0.3) is 0 Å². The number of hydrazine groups is 1. The van der Waals surface area contributed by atoms with Gasteiger partial charge in [0.15, 0.2) is 0 Å². The Bertz CT molecular complexity index is 813. The van der Waals surface area contributed by atoms with Crippen molar-refractivity contribution in [1.29, 1.82) is 0 Å². The van der Waals surface area contributed by atoms with E-state index in [1.807, 2.05) is 12.1 Å². The SMILES string of the molecule is CN1CCN(Nc2ncnc(Nc3ccc(F)cc3F)c2[N+](=O)[O-])CC1. The zero-order valence-electron chi connectivity index (χ0n) is 13.9. The number of piperazine rings is 1. The molecule has 1 aliphatic rings. The first-order valence-corrected chi connectivity index (χ1v) is 7.85. The summed E-state index contributed by atoms with van der Waals surface area (Å²) in [5, 5.41) is 15.9. The van der Waals surface area contributed by atoms with Crippen LogP contribution in [0, 0.1) is 21.7 Å². The van der Waals surface area contributed by atoms with Crippen LogP contribution in [0.1, 0.15) is 0 Å². The molecule has 0 radical (unpaired) electrons. The molecule has 1 aliphatic heterocycles. The molecule has 0 saturated carbocycles. The number of rotatable bonds is 5. The minimum Gasteiger partial charge on any atom is -0.332 e. The maximum absolute atomic E-state index is 13.8. The fraction of sp³-hybridized carbons (Fsp3) is 0.333. The van der Waals surface area contributed by atoms with Gasteiger partial charge in [0.1, 0.15) is 18.0 Å². The van der Waals surface area contributed by atoms with E-state index in [1.165, 1.54) is 0 Å². The average molecular weight is 365 g/mol. The standard InChI is InChI=1S/C15H17F2N7O2/c1-22-4-6-23(7-5-22)21-15-13(24(25)26)14(18-9-19-15)20-12-3-2-10(16)8-11(12)17/h2-3,8-9H,4-7H2,1H3,(H2,18,19,20,21). The van der Waals surface area contributed by atoms with Gasteiger partial charge in [0, 0.05) is 32.2 Å². The summed E-state index contributed by atoms with van der Waals surface area (Å²) in [5.41, 5.74) is 2.37. The monoisotopic (exact) mass is 365 g/mol. The second kappa shape index (κ2) is 7.54. The number of benzene rings is 1.